The largest absolute Gasteiger partial charge is 0.390 e. The van der Waals surface area contributed by atoms with Gasteiger partial charge in [0.05, 0.1) is 6.42 Å². The maximum absolute atomic E-state index is 13.4. The van der Waals surface area contributed by atoms with Crippen LogP contribution in [0, 0.1) is 5.82 Å². The van der Waals surface area contributed by atoms with Crippen molar-refractivity contribution in [2.75, 3.05) is 13.1 Å². The predicted molar refractivity (Wildman–Crippen MR) is 80.8 cm³/mol. The highest BCUT2D eigenvalue weighted by molar-refractivity contribution is 6.32. The lowest BCUT2D eigenvalue weighted by Crippen LogP contribution is -2.35. The van der Waals surface area contributed by atoms with Gasteiger partial charge in [0.1, 0.15) is 11.0 Å². The molecule has 0 amide bonds. The monoisotopic (exact) mass is 346 g/mol. The van der Waals surface area contributed by atoms with Gasteiger partial charge in [-0.1, -0.05) is 23.7 Å². The third kappa shape index (κ3) is 3.70. The van der Waals surface area contributed by atoms with Gasteiger partial charge in [0.2, 0.25) is 0 Å². The first kappa shape index (κ1) is 16.3. The summed E-state index contributed by atoms with van der Waals surface area (Å²) in [5, 5.41) is 0.501. The van der Waals surface area contributed by atoms with Crippen molar-refractivity contribution in [1.82, 2.24) is 9.47 Å². The molecule has 7 heteroatoms. The number of benzene rings is 1. The highest BCUT2D eigenvalue weighted by Gasteiger charge is 2.29. The second kappa shape index (κ2) is 6.17. The number of fused-ring (bicyclic) bond motifs is 1. The molecule has 124 valence electrons. The van der Waals surface area contributed by atoms with Crippen LogP contribution >= 0.6 is 11.6 Å². The van der Waals surface area contributed by atoms with Gasteiger partial charge in [-0.15, -0.1) is 0 Å². The van der Waals surface area contributed by atoms with Gasteiger partial charge in [0, 0.05) is 37.4 Å². The molecule has 2 nitrogen and oxygen atoms in total. The van der Waals surface area contributed by atoms with Gasteiger partial charge in [-0.3, -0.25) is 4.90 Å². The average Bonchev–Trinajstić information content (AvgIpc) is 2.81. The van der Waals surface area contributed by atoms with Crippen LogP contribution in [-0.2, 0) is 13.1 Å². The average molecular weight is 347 g/mol. The number of alkyl halides is 3. The molecule has 0 radical (unpaired) electrons. The molecule has 0 saturated carbocycles. The van der Waals surface area contributed by atoms with Crippen molar-refractivity contribution >= 4 is 11.6 Å². The van der Waals surface area contributed by atoms with Crippen molar-refractivity contribution in [1.29, 1.82) is 0 Å². The van der Waals surface area contributed by atoms with Crippen molar-refractivity contribution in [3.05, 3.63) is 47.0 Å². The smallest absolute Gasteiger partial charge is 0.333 e. The topological polar surface area (TPSA) is 8.17 Å². The summed E-state index contributed by atoms with van der Waals surface area (Å²) < 4.78 is 52.3. The molecule has 0 atom stereocenters. The summed E-state index contributed by atoms with van der Waals surface area (Å²) in [6.07, 6.45) is -4.97. The number of hydrogen-bond donors (Lipinski definition) is 0. The molecule has 1 aliphatic rings. The van der Waals surface area contributed by atoms with Crippen molar-refractivity contribution in [3.63, 3.8) is 0 Å². The number of halogens is 5. The highest BCUT2D eigenvalue weighted by atomic mass is 35.5. The second-order valence-corrected chi connectivity index (χ2v) is 6.00. The van der Waals surface area contributed by atoms with Gasteiger partial charge >= 0.3 is 6.18 Å². The molecule has 0 N–H and O–H groups in total. The van der Waals surface area contributed by atoms with E-state index < -0.39 is 12.6 Å². The van der Waals surface area contributed by atoms with E-state index in [-0.39, 0.29) is 12.4 Å². The van der Waals surface area contributed by atoms with Crippen molar-refractivity contribution in [3.8, 4) is 11.1 Å². The minimum atomic E-state index is -4.15. The normalized spacial score (nSPS) is 15.7. The molecule has 1 aromatic heterocycles. The van der Waals surface area contributed by atoms with Gasteiger partial charge in [-0.05, 0) is 23.8 Å². The Balaban J connectivity index is 1.81. The van der Waals surface area contributed by atoms with E-state index in [2.05, 4.69) is 0 Å². The van der Waals surface area contributed by atoms with Gasteiger partial charge in [0.25, 0.3) is 0 Å². The Morgan fingerprint density at radius 2 is 1.91 bits per heavy atom. The van der Waals surface area contributed by atoms with Crippen LogP contribution in [-0.4, -0.2) is 28.7 Å². The lowest BCUT2D eigenvalue weighted by Gasteiger charge is -2.29. The highest BCUT2D eigenvalue weighted by Crippen LogP contribution is 2.34. The minimum Gasteiger partial charge on any atom is -0.333 e. The molecule has 2 heterocycles. The lowest BCUT2D eigenvalue weighted by atomic mass is 10.1. The zero-order valence-corrected chi connectivity index (χ0v) is 13.0. The molecule has 0 spiro atoms. The van der Waals surface area contributed by atoms with Gasteiger partial charge in [-0.25, -0.2) is 4.39 Å². The SMILES string of the molecule is Fc1cccc(-c2cc3n(c2Cl)CCN(CCC(F)(F)F)C3)c1. The standard InChI is InChI=1S/C16H15ClF4N2/c17-15-14(11-2-1-3-12(18)8-11)9-13-10-22(6-7-23(13)15)5-4-16(19,20)21/h1-3,8-9H,4-7,10H2. The summed E-state index contributed by atoms with van der Waals surface area (Å²) in [7, 11) is 0. The quantitative estimate of drug-likeness (QED) is 0.730. The number of nitrogens with zero attached hydrogens (tertiary/aromatic N) is 2. The van der Waals surface area contributed by atoms with Crippen LogP contribution < -0.4 is 0 Å². The van der Waals surface area contributed by atoms with Crippen LogP contribution in [0.1, 0.15) is 12.1 Å². The summed E-state index contributed by atoms with van der Waals surface area (Å²) >= 11 is 6.37. The van der Waals surface area contributed by atoms with E-state index in [1.165, 1.54) is 12.1 Å². The van der Waals surface area contributed by atoms with E-state index in [4.69, 9.17) is 11.6 Å². The molecule has 3 rings (SSSR count). The predicted octanol–water partition coefficient (Wildman–Crippen LogP) is 4.72. The molecule has 1 aromatic carbocycles. The molecular formula is C16H15ClF4N2. The summed E-state index contributed by atoms with van der Waals surface area (Å²) in [5.41, 5.74) is 2.22. The van der Waals surface area contributed by atoms with Gasteiger partial charge < -0.3 is 4.57 Å². The van der Waals surface area contributed by atoms with Crippen LogP contribution in [0.4, 0.5) is 17.6 Å². The molecule has 23 heavy (non-hydrogen) atoms. The Morgan fingerprint density at radius 1 is 1.13 bits per heavy atom. The third-order valence-electron chi connectivity index (χ3n) is 3.99. The van der Waals surface area contributed by atoms with Crippen molar-refractivity contribution < 1.29 is 17.6 Å². The molecule has 0 fully saturated rings. The Kier molecular flexibility index (Phi) is 4.38. The molecule has 0 bridgehead atoms. The fourth-order valence-electron chi connectivity index (χ4n) is 2.83. The zero-order valence-electron chi connectivity index (χ0n) is 12.2. The Morgan fingerprint density at radius 3 is 2.61 bits per heavy atom. The summed E-state index contributed by atoms with van der Waals surface area (Å²) in [5.74, 6) is -0.352. The Bertz CT molecular complexity index is 709. The molecule has 0 aliphatic carbocycles. The van der Waals surface area contributed by atoms with Crippen LogP contribution in [0.25, 0.3) is 11.1 Å². The lowest BCUT2D eigenvalue weighted by molar-refractivity contribution is -0.138. The van der Waals surface area contributed by atoms with E-state index in [9.17, 15) is 17.6 Å². The fourth-order valence-corrected chi connectivity index (χ4v) is 3.19. The molecule has 1 aliphatic heterocycles. The minimum absolute atomic E-state index is 0.0262. The van der Waals surface area contributed by atoms with E-state index in [0.717, 1.165) is 5.69 Å². The Labute approximate surface area is 136 Å². The zero-order chi connectivity index (χ0) is 16.6. The summed E-state index contributed by atoms with van der Waals surface area (Å²) in [6.45, 7) is 1.42. The first-order valence-corrected chi connectivity index (χ1v) is 7.64. The van der Waals surface area contributed by atoms with Crippen LogP contribution in [0.2, 0.25) is 5.15 Å². The first-order chi connectivity index (χ1) is 10.8. The number of aromatic nitrogens is 1. The second-order valence-electron chi connectivity index (χ2n) is 5.64. The van der Waals surface area contributed by atoms with Crippen LogP contribution in [0.3, 0.4) is 0 Å². The maximum Gasteiger partial charge on any atom is 0.390 e. The molecule has 0 unspecified atom stereocenters. The maximum atomic E-state index is 13.4. The number of hydrogen-bond acceptors (Lipinski definition) is 1. The van der Waals surface area contributed by atoms with E-state index in [1.54, 1.807) is 17.0 Å². The van der Waals surface area contributed by atoms with E-state index in [1.807, 2.05) is 10.6 Å². The van der Waals surface area contributed by atoms with Crippen molar-refractivity contribution in [2.24, 2.45) is 0 Å². The Hall–Kier alpha value is -1.53. The molecular weight excluding hydrogens is 332 g/mol. The van der Waals surface area contributed by atoms with Gasteiger partial charge in [-0.2, -0.15) is 13.2 Å². The fraction of sp³-hybridized carbons (Fsp3) is 0.375. The van der Waals surface area contributed by atoms with E-state index >= 15 is 0 Å². The molecule has 2 aromatic rings. The van der Waals surface area contributed by atoms with Crippen molar-refractivity contribution in [2.45, 2.75) is 25.7 Å². The van der Waals surface area contributed by atoms with Gasteiger partial charge in [0.15, 0.2) is 0 Å². The summed E-state index contributed by atoms with van der Waals surface area (Å²) in [4.78, 5) is 1.76. The third-order valence-corrected chi connectivity index (χ3v) is 4.40. The molecule has 0 saturated heterocycles. The summed E-state index contributed by atoms with van der Waals surface area (Å²) in [6, 6.07) is 7.95. The van der Waals surface area contributed by atoms with E-state index in [0.29, 0.717) is 35.9 Å². The first-order valence-electron chi connectivity index (χ1n) is 7.26. The van der Waals surface area contributed by atoms with Crippen LogP contribution in [0.15, 0.2) is 30.3 Å². The van der Waals surface area contributed by atoms with Crippen LogP contribution in [0.5, 0.6) is 0 Å². The number of rotatable bonds is 3.